The summed E-state index contributed by atoms with van der Waals surface area (Å²) in [4.78, 5) is 11.0. The number of aliphatic hydroxyl groups is 3. The second kappa shape index (κ2) is 5.15. The van der Waals surface area contributed by atoms with Crippen molar-refractivity contribution in [3.63, 3.8) is 0 Å². The van der Waals surface area contributed by atoms with E-state index in [0.717, 1.165) is 4.80 Å². The summed E-state index contributed by atoms with van der Waals surface area (Å²) in [6.07, 6.45) is -2.93. The van der Waals surface area contributed by atoms with Crippen LogP contribution in [0.2, 0.25) is 0 Å². The largest absolute Gasteiger partial charge is 0.394 e. The highest BCUT2D eigenvalue weighted by Crippen LogP contribution is 2.29. The van der Waals surface area contributed by atoms with Gasteiger partial charge in [-0.15, -0.1) is 15.0 Å². The lowest BCUT2D eigenvalue weighted by Gasteiger charge is -2.13. The van der Waals surface area contributed by atoms with Crippen molar-refractivity contribution in [2.75, 3.05) is 25.6 Å². The first kappa shape index (κ1) is 14.1. The van der Waals surface area contributed by atoms with Gasteiger partial charge < -0.3 is 25.0 Å². The number of hydrogen-bond donors (Lipinski definition) is 3. The molecule has 4 atom stereocenters. The molecule has 10 heteroatoms. The molecule has 1 saturated heterocycles. The zero-order valence-corrected chi connectivity index (χ0v) is 11.5. The van der Waals surface area contributed by atoms with Crippen LogP contribution in [0.15, 0.2) is 6.33 Å². The van der Waals surface area contributed by atoms with E-state index in [4.69, 9.17) is 9.84 Å². The summed E-state index contributed by atoms with van der Waals surface area (Å²) in [5, 5.41) is 37.2. The molecular weight excluding hydrogens is 280 g/mol. The van der Waals surface area contributed by atoms with Crippen molar-refractivity contribution in [2.24, 2.45) is 0 Å². The lowest BCUT2D eigenvalue weighted by molar-refractivity contribution is -0.0650. The van der Waals surface area contributed by atoms with E-state index in [1.165, 1.54) is 6.33 Å². The lowest BCUT2D eigenvalue weighted by atomic mass is 10.1. The van der Waals surface area contributed by atoms with E-state index < -0.39 is 31.1 Å². The third kappa shape index (κ3) is 2.21. The van der Waals surface area contributed by atoms with Crippen LogP contribution in [0.3, 0.4) is 0 Å². The van der Waals surface area contributed by atoms with Gasteiger partial charge >= 0.3 is 0 Å². The molecule has 0 aliphatic carbocycles. The van der Waals surface area contributed by atoms with Crippen molar-refractivity contribution < 1.29 is 20.1 Å². The smallest absolute Gasteiger partial charge is 0.207 e. The molecule has 0 amide bonds. The average Bonchev–Trinajstić information content (AvgIpc) is 3.01. The van der Waals surface area contributed by atoms with Crippen molar-refractivity contribution in [3.8, 4) is 0 Å². The van der Waals surface area contributed by atoms with E-state index in [0.29, 0.717) is 17.0 Å². The van der Waals surface area contributed by atoms with E-state index in [9.17, 15) is 10.2 Å². The Morgan fingerprint density at radius 2 is 2.00 bits per heavy atom. The van der Waals surface area contributed by atoms with Crippen LogP contribution >= 0.6 is 0 Å². The second-order valence-electron chi connectivity index (χ2n) is 5.01. The monoisotopic (exact) mass is 296 g/mol. The Bertz CT molecular complexity index is 647. The number of anilines is 1. The Balaban J connectivity index is 2.00. The fourth-order valence-corrected chi connectivity index (χ4v) is 2.26. The summed E-state index contributed by atoms with van der Waals surface area (Å²) in [6, 6.07) is 0. The molecule has 2 aromatic rings. The predicted molar refractivity (Wildman–Crippen MR) is 70.5 cm³/mol. The van der Waals surface area contributed by atoms with Crippen LogP contribution in [0.5, 0.6) is 0 Å². The Labute approximate surface area is 119 Å². The van der Waals surface area contributed by atoms with Crippen LogP contribution in [-0.4, -0.2) is 79.3 Å². The fourth-order valence-electron chi connectivity index (χ4n) is 2.26. The minimum absolute atomic E-state index is 0.353. The number of hydrogen-bond acceptors (Lipinski definition) is 9. The zero-order chi connectivity index (χ0) is 15.1. The van der Waals surface area contributed by atoms with Gasteiger partial charge in [0.15, 0.2) is 17.6 Å². The molecule has 10 nitrogen and oxygen atoms in total. The maximum absolute atomic E-state index is 9.98. The van der Waals surface area contributed by atoms with Crippen molar-refractivity contribution in [1.82, 2.24) is 25.0 Å². The highest BCUT2D eigenvalue weighted by Gasteiger charge is 2.44. The van der Waals surface area contributed by atoms with Gasteiger partial charge in [0.25, 0.3) is 0 Å². The minimum atomic E-state index is -1.24. The van der Waals surface area contributed by atoms with Gasteiger partial charge in [-0.05, 0) is 0 Å². The first-order valence-electron chi connectivity index (χ1n) is 6.40. The van der Waals surface area contributed by atoms with Crippen LogP contribution in [0, 0.1) is 0 Å². The van der Waals surface area contributed by atoms with Gasteiger partial charge in [0.2, 0.25) is 5.65 Å². The summed E-state index contributed by atoms with van der Waals surface area (Å²) >= 11 is 0. The van der Waals surface area contributed by atoms with Gasteiger partial charge in [-0.25, -0.2) is 9.97 Å². The van der Waals surface area contributed by atoms with Crippen molar-refractivity contribution in [1.29, 1.82) is 0 Å². The Morgan fingerprint density at radius 1 is 1.24 bits per heavy atom. The molecule has 21 heavy (non-hydrogen) atoms. The van der Waals surface area contributed by atoms with Gasteiger partial charge in [0.05, 0.1) is 6.61 Å². The van der Waals surface area contributed by atoms with Gasteiger partial charge in [0, 0.05) is 14.1 Å². The normalized spacial score (nSPS) is 29.2. The van der Waals surface area contributed by atoms with Crippen LogP contribution in [-0.2, 0) is 4.74 Å². The van der Waals surface area contributed by atoms with Gasteiger partial charge in [-0.2, -0.15) is 0 Å². The molecule has 114 valence electrons. The molecular formula is C11H16N6O4. The summed E-state index contributed by atoms with van der Waals surface area (Å²) in [5.74, 6) is 0.581. The molecule has 2 aromatic heterocycles. The number of nitrogens with zero attached hydrogens (tertiary/aromatic N) is 6. The number of ether oxygens (including phenoxy) is 1. The van der Waals surface area contributed by atoms with E-state index in [1.807, 2.05) is 14.1 Å². The van der Waals surface area contributed by atoms with E-state index in [-0.39, 0.29) is 0 Å². The molecule has 1 aliphatic rings. The molecule has 0 saturated carbocycles. The summed E-state index contributed by atoms with van der Waals surface area (Å²) in [7, 11) is 3.63. The number of aliphatic hydroxyl groups excluding tert-OH is 3. The third-order valence-electron chi connectivity index (χ3n) is 3.35. The summed E-state index contributed by atoms with van der Waals surface area (Å²) in [5.41, 5.74) is 0.812. The molecule has 0 bridgehead atoms. The van der Waals surface area contributed by atoms with E-state index in [1.54, 1.807) is 4.90 Å². The molecule has 0 unspecified atom stereocenters. The minimum Gasteiger partial charge on any atom is -0.394 e. The average molecular weight is 296 g/mol. The van der Waals surface area contributed by atoms with Crippen molar-refractivity contribution in [3.05, 3.63) is 6.33 Å². The van der Waals surface area contributed by atoms with Crippen LogP contribution in [0.1, 0.15) is 6.23 Å². The summed E-state index contributed by atoms with van der Waals surface area (Å²) in [6.45, 7) is -0.404. The SMILES string of the molecule is CN(C)c1ncnc2nn([C@H]3O[C@@H](CO)[C@@H](O)[C@H]3O)nc12. The van der Waals surface area contributed by atoms with E-state index in [2.05, 4.69) is 20.2 Å². The molecule has 0 aromatic carbocycles. The molecule has 3 heterocycles. The van der Waals surface area contributed by atoms with Crippen LogP contribution in [0.25, 0.3) is 11.2 Å². The predicted octanol–water partition coefficient (Wildman–Crippen LogP) is -2.10. The maximum atomic E-state index is 9.98. The second-order valence-corrected chi connectivity index (χ2v) is 5.01. The Kier molecular flexibility index (Phi) is 3.45. The zero-order valence-electron chi connectivity index (χ0n) is 11.5. The van der Waals surface area contributed by atoms with Gasteiger partial charge in [-0.3, -0.25) is 0 Å². The highest BCUT2D eigenvalue weighted by molar-refractivity contribution is 5.81. The number of aromatic nitrogens is 5. The molecule has 0 radical (unpaired) electrons. The Morgan fingerprint density at radius 3 is 2.62 bits per heavy atom. The molecule has 1 fully saturated rings. The topological polar surface area (TPSA) is 130 Å². The molecule has 3 N–H and O–H groups in total. The lowest BCUT2D eigenvalue weighted by Crippen LogP contribution is -2.33. The van der Waals surface area contributed by atoms with Crippen LogP contribution < -0.4 is 4.90 Å². The third-order valence-corrected chi connectivity index (χ3v) is 3.35. The van der Waals surface area contributed by atoms with Crippen molar-refractivity contribution >= 4 is 17.0 Å². The van der Waals surface area contributed by atoms with Gasteiger partial charge in [0.1, 0.15) is 24.6 Å². The van der Waals surface area contributed by atoms with E-state index >= 15 is 0 Å². The Hall–Kier alpha value is -1.88. The standard InChI is InChI=1S/C11H16N6O4/c1-16(2)10-6-9(12-4-13-10)15-17(14-6)11-8(20)7(19)5(3-18)21-11/h4-5,7-8,11,18-20H,3H2,1-2H3/t5-,7+,8+,11-/m0/s1. The van der Waals surface area contributed by atoms with Crippen molar-refractivity contribution in [2.45, 2.75) is 24.5 Å². The fraction of sp³-hybridized carbons (Fsp3) is 0.636. The first-order chi connectivity index (χ1) is 10.0. The van der Waals surface area contributed by atoms with Crippen LogP contribution in [0.4, 0.5) is 5.82 Å². The molecule has 3 rings (SSSR count). The number of fused-ring (bicyclic) bond motifs is 1. The number of rotatable bonds is 3. The maximum Gasteiger partial charge on any atom is 0.207 e. The highest BCUT2D eigenvalue weighted by atomic mass is 16.6. The molecule has 1 aliphatic heterocycles. The summed E-state index contributed by atoms with van der Waals surface area (Å²) < 4.78 is 5.38. The quantitative estimate of drug-likeness (QED) is 0.583. The first-order valence-corrected chi connectivity index (χ1v) is 6.40. The van der Waals surface area contributed by atoms with Gasteiger partial charge in [-0.1, -0.05) is 0 Å². The molecule has 0 spiro atoms.